The van der Waals surface area contributed by atoms with Crippen LogP contribution in [0.1, 0.15) is 0 Å². The maximum atomic E-state index is 5.11. The normalized spacial score (nSPS) is 13.5. The number of nitrogen functional groups attached to an aromatic ring is 1. The molecule has 0 radical (unpaired) electrons. The number of nitrogens with two attached hydrogens (primary N) is 1. The van der Waals surface area contributed by atoms with Gasteiger partial charge in [0.05, 0.1) is 12.9 Å². The van der Waals surface area contributed by atoms with Gasteiger partial charge in [0.2, 0.25) is 0 Å². The van der Waals surface area contributed by atoms with E-state index in [0.717, 1.165) is 13.1 Å². The molecule has 1 aliphatic rings. The zero-order valence-electron chi connectivity index (χ0n) is 6.12. The highest BCUT2D eigenvalue weighted by Crippen LogP contribution is 1.81. The van der Waals surface area contributed by atoms with Crippen molar-refractivity contribution in [1.82, 2.24) is 15.3 Å². The number of nitrogens with zero attached hydrogens (tertiary/aromatic N) is 2. The molecule has 0 unspecified atom stereocenters. The fourth-order valence-corrected chi connectivity index (χ4v) is 0.600. The van der Waals surface area contributed by atoms with E-state index < -0.39 is 0 Å². The molecule has 2 heterocycles. The van der Waals surface area contributed by atoms with Crippen molar-refractivity contribution in [2.45, 2.75) is 0 Å². The quantitative estimate of drug-likeness (QED) is 0.475. The van der Waals surface area contributed by atoms with Crippen molar-refractivity contribution in [3.05, 3.63) is 12.4 Å². The van der Waals surface area contributed by atoms with Gasteiger partial charge in [0.25, 0.3) is 0 Å². The molecule has 4 N–H and O–H groups in total. The molecule has 0 atom stereocenters. The van der Waals surface area contributed by atoms with Gasteiger partial charge in [0, 0.05) is 18.9 Å². The third kappa shape index (κ3) is 3.24. The van der Waals surface area contributed by atoms with E-state index in [1.165, 1.54) is 0 Å². The summed E-state index contributed by atoms with van der Waals surface area (Å²) in [6, 6.07) is 0. The monoisotopic (exact) mass is 153 g/mol. The Hall–Kier alpha value is -1.52. The minimum atomic E-state index is 0.468. The van der Waals surface area contributed by atoms with Gasteiger partial charge >= 0.3 is 0 Å². The molecule has 0 bridgehead atoms. The van der Waals surface area contributed by atoms with Crippen LogP contribution < -0.4 is 11.1 Å². The standard InChI is InChI=1S/C3H5N3.C3H6N2/c4-3-5-1-2-6-3;1-2-5-3-4-1/h1-2H,(H3,4,5,6);3H,1-2H2,(H,4,5). The van der Waals surface area contributed by atoms with E-state index >= 15 is 0 Å². The first-order valence-electron chi connectivity index (χ1n) is 3.36. The van der Waals surface area contributed by atoms with Gasteiger partial charge < -0.3 is 16.0 Å². The van der Waals surface area contributed by atoms with Crippen molar-refractivity contribution in [3.8, 4) is 0 Å². The number of aromatic nitrogens is 2. The number of H-pyrrole nitrogens is 1. The van der Waals surface area contributed by atoms with Crippen LogP contribution in [0.3, 0.4) is 0 Å². The SMILES string of the molecule is C1=NCCN1.Nc1ncc[nH]1. The Labute approximate surface area is 64.7 Å². The van der Waals surface area contributed by atoms with Crippen LogP contribution in [0, 0.1) is 0 Å². The Morgan fingerprint density at radius 3 is 2.64 bits per heavy atom. The Morgan fingerprint density at radius 2 is 2.45 bits per heavy atom. The van der Waals surface area contributed by atoms with E-state index in [1.54, 1.807) is 18.7 Å². The van der Waals surface area contributed by atoms with E-state index in [-0.39, 0.29) is 0 Å². The topological polar surface area (TPSA) is 79.1 Å². The Morgan fingerprint density at radius 1 is 1.55 bits per heavy atom. The molecule has 0 amide bonds. The Balaban J connectivity index is 0.000000112. The lowest BCUT2D eigenvalue weighted by atomic mass is 10.7. The Bertz CT molecular complexity index is 197. The molecule has 0 aliphatic carbocycles. The zero-order chi connectivity index (χ0) is 7.94. The van der Waals surface area contributed by atoms with Crippen molar-refractivity contribution in [2.24, 2.45) is 4.99 Å². The molecule has 1 aromatic rings. The van der Waals surface area contributed by atoms with Gasteiger partial charge in [-0.25, -0.2) is 4.98 Å². The summed E-state index contributed by atoms with van der Waals surface area (Å²) in [5.41, 5.74) is 5.11. The number of hydrogen-bond donors (Lipinski definition) is 3. The maximum absolute atomic E-state index is 5.11. The molecule has 2 rings (SSSR count). The van der Waals surface area contributed by atoms with Gasteiger partial charge in [0.15, 0.2) is 5.95 Å². The zero-order valence-corrected chi connectivity index (χ0v) is 6.12. The lowest BCUT2D eigenvalue weighted by molar-refractivity contribution is 0.965. The summed E-state index contributed by atoms with van der Waals surface area (Å²) in [5, 5.41) is 2.93. The van der Waals surface area contributed by atoms with Crippen molar-refractivity contribution in [3.63, 3.8) is 0 Å². The second-order valence-corrected chi connectivity index (χ2v) is 1.96. The van der Waals surface area contributed by atoms with E-state index in [9.17, 15) is 0 Å². The third-order valence-corrected chi connectivity index (χ3v) is 1.09. The largest absolute Gasteiger partial charge is 0.375 e. The van der Waals surface area contributed by atoms with Gasteiger partial charge in [-0.15, -0.1) is 0 Å². The van der Waals surface area contributed by atoms with Crippen LogP contribution in [0.5, 0.6) is 0 Å². The number of nitrogens with one attached hydrogen (secondary N) is 2. The molecule has 0 saturated heterocycles. The third-order valence-electron chi connectivity index (χ3n) is 1.09. The minimum absolute atomic E-state index is 0.468. The molecule has 0 spiro atoms. The van der Waals surface area contributed by atoms with Crippen molar-refractivity contribution in [2.75, 3.05) is 18.8 Å². The molecule has 60 valence electrons. The average molecular weight is 153 g/mol. The highest BCUT2D eigenvalue weighted by Gasteiger charge is 1.82. The fourth-order valence-electron chi connectivity index (χ4n) is 0.600. The number of hydrogen-bond acceptors (Lipinski definition) is 4. The van der Waals surface area contributed by atoms with Crippen molar-refractivity contribution in [1.29, 1.82) is 0 Å². The summed E-state index contributed by atoms with van der Waals surface area (Å²) in [6.45, 7) is 1.99. The number of aromatic amines is 1. The van der Waals surface area contributed by atoms with E-state index in [0.29, 0.717) is 5.95 Å². The minimum Gasteiger partial charge on any atom is -0.375 e. The number of anilines is 1. The fraction of sp³-hybridized carbons (Fsp3) is 0.333. The molecule has 1 aromatic heterocycles. The summed E-state index contributed by atoms with van der Waals surface area (Å²) in [4.78, 5) is 10.2. The highest BCUT2D eigenvalue weighted by molar-refractivity contribution is 5.56. The number of aliphatic imine (C=N–C) groups is 1. The van der Waals surface area contributed by atoms with Crippen LogP contribution in [0.15, 0.2) is 17.4 Å². The second-order valence-electron chi connectivity index (χ2n) is 1.96. The van der Waals surface area contributed by atoms with Crippen LogP contribution in [0.25, 0.3) is 0 Å². The first kappa shape index (κ1) is 7.59. The molecule has 0 aromatic carbocycles. The summed E-state index contributed by atoms with van der Waals surface area (Å²) in [6.07, 6.45) is 5.02. The predicted molar refractivity (Wildman–Crippen MR) is 44.4 cm³/mol. The smallest absolute Gasteiger partial charge is 0.197 e. The lowest BCUT2D eigenvalue weighted by Crippen LogP contribution is -2.04. The second kappa shape index (κ2) is 4.32. The lowest BCUT2D eigenvalue weighted by Gasteiger charge is -1.75. The van der Waals surface area contributed by atoms with E-state index in [4.69, 9.17) is 5.73 Å². The van der Waals surface area contributed by atoms with Crippen LogP contribution in [-0.4, -0.2) is 29.4 Å². The molecular formula is C6H11N5. The van der Waals surface area contributed by atoms with Crippen LogP contribution in [-0.2, 0) is 0 Å². The van der Waals surface area contributed by atoms with Crippen molar-refractivity contribution < 1.29 is 0 Å². The van der Waals surface area contributed by atoms with Crippen molar-refractivity contribution >= 4 is 12.3 Å². The first-order valence-corrected chi connectivity index (χ1v) is 3.36. The average Bonchev–Trinajstić information content (AvgIpc) is 2.57. The van der Waals surface area contributed by atoms with Gasteiger partial charge in [-0.3, -0.25) is 4.99 Å². The van der Waals surface area contributed by atoms with Gasteiger partial charge in [-0.1, -0.05) is 0 Å². The van der Waals surface area contributed by atoms with Gasteiger partial charge in [-0.05, 0) is 0 Å². The molecule has 1 aliphatic heterocycles. The molecular weight excluding hydrogens is 142 g/mol. The first-order chi connectivity index (χ1) is 5.39. The summed E-state index contributed by atoms with van der Waals surface area (Å²) >= 11 is 0. The van der Waals surface area contributed by atoms with Crippen LogP contribution >= 0.6 is 0 Å². The number of imidazole rings is 1. The van der Waals surface area contributed by atoms with Crippen LogP contribution in [0.2, 0.25) is 0 Å². The summed E-state index contributed by atoms with van der Waals surface area (Å²) < 4.78 is 0. The summed E-state index contributed by atoms with van der Waals surface area (Å²) in [5.74, 6) is 0.468. The maximum Gasteiger partial charge on any atom is 0.197 e. The Kier molecular flexibility index (Phi) is 2.98. The van der Waals surface area contributed by atoms with E-state index in [2.05, 4.69) is 20.3 Å². The highest BCUT2D eigenvalue weighted by atomic mass is 15.0. The van der Waals surface area contributed by atoms with Gasteiger partial charge in [0.1, 0.15) is 0 Å². The molecule has 0 saturated carbocycles. The molecule has 11 heavy (non-hydrogen) atoms. The molecule has 5 nitrogen and oxygen atoms in total. The molecule has 0 fully saturated rings. The van der Waals surface area contributed by atoms with E-state index in [1.807, 2.05) is 0 Å². The van der Waals surface area contributed by atoms with Crippen LogP contribution in [0.4, 0.5) is 5.95 Å². The molecule has 5 heteroatoms. The predicted octanol–water partition coefficient (Wildman–Crippen LogP) is -0.390. The summed E-state index contributed by atoms with van der Waals surface area (Å²) in [7, 11) is 0. The van der Waals surface area contributed by atoms with Gasteiger partial charge in [-0.2, -0.15) is 0 Å². The number of rotatable bonds is 0.